The van der Waals surface area contributed by atoms with Crippen molar-refractivity contribution in [3.8, 4) is 5.75 Å². The second-order valence-corrected chi connectivity index (χ2v) is 9.04. The Morgan fingerprint density at radius 2 is 1.79 bits per heavy atom. The van der Waals surface area contributed by atoms with Crippen molar-refractivity contribution in [1.29, 1.82) is 0 Å². The van der Waals surface area contributed by atoms with Crippen LogP contribution in [0.5, 0.6) is 5.75 Å². The third kappa shape index (κ3) is 4.32. The maximum atomic E-state index is 12.8. The van der Waals surface area contributed by atoms with Crippen LogP contribution in [0.15, 0.2) is 47.4 Å². The summed E-state index contributed by atoms with van der Waals surface area (Å²) in [6.07, 6.45) is 1.66. The van der Waals surface area contributed by atoms with Crippen LogP contribution in [0, 0.1) is 0 Å². The quantitative estimate of drug-likeness (QED) is 0.771. The number of carbonyl (C=O) groups is 1. The molecule has 0 aliphatic carbocycles. The van der Waals surface area contributed by atoms with E-state index in [1.54, 1.807) is 7.11 Å². The van der Waals surface area contributed by atoms with Crippen molar-refractivity contribution in [3.05, 3.63) is 58.6 Å². The first-order chi connectivity index (χ1) is 13.3. The van der Waals surface area contributed by atoms with Gasteiger partial charge in [0.1, 0.15) is 10.6 Å². The van der Waals surface area contributed by atoms with Gasteiger partial charge in [-0.15, -0.1) is 0 Å². The molecule has 3 rings (SSSR count). The van der Waals surface area contributed by atoms with Crippen LogP contribution in [-0.4, -0.2) is 38.8 Å². The van der Waals surface area contributed by atoms with Gasteiger partial charge >= 0.3 is 0 Å². The number of rotatable bonds is 6. The standard InChI is InChI=1S/C20H23ClN2O4S/c1-14(15-5-8-17(27-2)9-6-15)22-20(24)16-7-10-18(21)19(13-16)28(25,26)23-11-3-4-12-23/h5-10,13-14H,3-4,11-12H2,1-2H3,(H,22,24). The summed E-state index contributed by atoms with van der Waals surface area (Å²) in [5.74, 6) is 0.370. The average Bonchev–Trinajstić information content (AvgIpc) is 3.24. The van der Waals surface area contributed by atoms with E-state index in [0.717, 1.165) is 24.2 Å². The summed E-state index contributed by atoms with van der Waals surface area (Å²) in [5.41, 5.74) is 1.16. The molecule has 0 saturated carbocycles. The molecule has 1 saturated heterocycles. The number of nitrogens with zero attached hydrogens (tertiary/aromatic N) is 1. The Morgan fingerprint density at radius 3 is 2.39 bits per heavy atom. The van der Waals surface area contributed by atoms with Crippen LogP contribution in [0.3, 0.4) is 0 Å². The van der Waals surface area contributed by atoms with Gasteiger partial charge in [0, 0.05) is 18.7 Å². The number of carbonyl (C=O) groups excluding carboxylic acids is 1. The van der Waals surface area contributed by atoms with Crippen LogP contribution >= 0.6 is 11.6 Å². The smallest absolute Gasteiger partial charge is 0.251 e. The van der Waals surface area contributed by atoms with E-state index in [-0.39, 0.29) is 27.4 Å². The largest absolute Gasteiger partial charge is 0.497 e. The lowest BCUT2D eigenvalue weighted by molar-refractivity contribution is 0.0939. The summed E-state index contributed by atoms with van der Waals surface area (Å²) in [6.45, 7) is 2.81. The fourth-order valence-electron chi connectivity index (χ4n) is 3.17. The third-order valence-corrected chi connectivity index (χ3v) is 7.22. The molecule has 1 fully saturated rings. The molecule has 1 N–H and O–H groups in total. The molecule has 1 atom stereocenters. The van der Waals surface area contributed by atoms with Gasteiger partial charge in [-0.1, -0.05) is 23.7 Å². The Labute approximate surface area is 170 Å². The third-order valence-electron chi connectivity index (χ3n) is 4.84. The number of benzene rings is 2. The number of ether oxygens (including phenoxy) is 1. The van der Waals surface area contributed by atoms with Gasteiger partial charge in [0.2, 0.25) is 10.0 Å². The maximum Gasteiger partial charge on any atom is 0.251 e. The van der Waals surface area contributed by atoms with Crippen LogP contribution in [0.2, 0.25) is 5.02 Å². The molecule has 1 heterocycles. The molecular formula is C20H23ClN2O4S. The lowest BCUT2D eigenvalue weighted by Crippen LogP contribution is -2.29. The molecular weight excluding hydrogens is 400 g/mol. The lowest BCUT2D eigenvalue weighted by Gasteiger charge is -2.18. The van der Waals surface area contributed by atoms with Gasteiger partial charge in [-0.05, 0) is 55.7 Å². The topological polar surface area (TPSA) is 75.7 Å². The normalized spacial score (nSPS) is 16.0. The van der Waals surface area contributed by atoms with Gasteiger partial charge in [0.25, 0.3) is 5.91 Å². The predicted octanol–water partition coefficient (Wildman–Crippen LogP) is 3.62. The Kier molecular flexibility index (Phi) is 6.27. The highest BCUT2D eigenvalue weighted by Crippen LogP contribution is 2.28. The monoisotopic (exact) mass is 422 g/mol. The zero-order chi connectivity index (χ0) is 20.3. The maximum absolute atomic E-state index is 12.8. The fraction of sp³-hybridized carbons (Fsp3) is 0.350. The van der Waals surface area contributed by atoms with Crippen molar-refractivity contribution in [2.45, 2.75) is 30.7 Å². The minimum absolute atomic E-state index is 0.0270. The number of amides is 1. The summed E-state index contributed by atoms with van der Waals surface area (Å²) in [6, 6.07) is 11.5. The van der Waals surface area contributed by atoms with Crippen LogP contribution < -0.4 is 10.1 Å². The Balaban J connectivity index is 1.80. The van der Waals surface area contributed by atoms with Crippen molar-refractivity contribution in [1.82, 2.24) is 9.62 Å². The molecule has 0 aromatic heterocycles. The molecule has 0 spiro atoms. The molecule has 1 aliphatic rings. The van der Waals surface area contributed by atoms with Crippen molar-refractivity contribution in [2.75, 3.05) is 20.2 Å². The summed E-state index contributed by atoms with van der Waals surface area (Å²) in [7, 11) is -2.11. The molecule has 150 valence electrons. The Morgan fingerprint density at radius 1 is 1.14 bits per heavy atom. The molecule has 0 bridgehead atoms. The van der Waals surface area contributed by atoms with E-state index in [1.165, 1.54) is 22.5 Å². The first-order valence-corrected chi connectivity index (χ1v) is 10.9. The first kappa shape index (κ1) is 20.6. The van der Waals surface area contributed by atoms with Crippen LogP contribution in [0.25, 0.3) is 0 Å². The number of hydrogen-bond donors (Lipinski definition) is 1. The average molecular weight is 423 g/mol. The number of halogens is 1. The summed E-state index contributed by atoms with van der Waals surface area (Å²) < 4.78 is 32.2. The molecule has 1 amide bonds. The van der Waals surface area contributed by atoms with Crippen LogP contribution in [0.4, 0.5) is 0 Å². The lowest BCUT2D eigenvalue weighted by atomic mass is 10.1. The second-order valence-electron chi connectivity index (χ2n) is 6.72. The van der Waals surface area contributed by atoms with Gasteiger partial charge in [-0.2, -0.15) is 4.31 Å². The number of methoxy groups -OCH3 is 1. The molecule has 6 nitrogen and oxygen atoms in total. The summed E-state index contributed by atoms with van der Waals surface area (Å²) in [4.78, 5) is 12.6. The Bertz CT molecular complexity index is 955. The van der Waals surface area contributed by atoms with Crippen molar-refractivity contribution in [2.24, 2.45) is 0 Å². The molecule has 8 heteroatoms. The van der Waals surface area contributed by atoms with E-state index < -0.39 is 10.0 Å². The van der Waals surface area contributed by atoms with Crippen molar-refractivity contribution >= 4 is 27.5 Å². The fourth-order valence-corrected chi connectivity index (χ4v) is 5.18. The number of sulfonamides is 1. The molecule has 28 heavy (non-hydrogen) atoms. The SMILES string of the molecule is COc1ccc(C(C)NC(=O)c2ccc(Cl)c(S(=O)(=O)N3CCCC3)c2)cc1. The van der Waals surface area contributed by atoms with E-state index in [2.05, 4.69) is 5.32 Å². The number of nitrogens with one attached hydrogen (secondary N) is 1. The van der Waals surface area contributed by atoms with E-state index in [9.17, 15) is 13.2 Å². The van der Waals surface area contributed by atoms with Crippen LogP contribution in [-0.2, 0) is 10.0 Å². The van der Waals surface area contributed by atoms with Gasteiger partial charge in [0.05, 0.1) is 18.2 Å². The highest BCUT2D eigenvalue weighted by Gasteiger charge is 2.29. The molecule has 1 unspecified atom stereocenters. The number of hydrogen-bond acceptors (Lipinski definition) is 4. The van der Waals surface area contributed by atoms with E-state index >= 15 is 0 Å². The molecule has 1 aliphatic heterocycles. The Hall–Kier alpha value is -2.09. The molecule has 0 radical (unpaired) electrons. The van der Waals surface area contributed by atoms with Gasteiger partial charge in [-0.25, -0.2) is 8.42 Å². The van der Waals surface area contributed by atoms with Crippen molar-refractivity contribution in [3.63, 3.8) is 0 Å². The zero-order valence-corrected chi connectivity index (χ0v) is 17.4. The second kappa shape index (κ2) is 8.51. The van der Waals surface area contributed by atoms with E-state index in [1.807, 2.05) is 31.2 Å². The van der Waals surface area contributed by atoms with Crippen molar-refractivity contribution < 1.29 is 17.9 Å². The van der Waals surface area contributed by atoms with Gasteiger partial charge in [-0.3, -0.25) is 4.79 Å². The van der Waals surface area contributed by atoms with Crippen LogP contribution in [0.1, 0.15) is 41.7 Å². The summed E-state index contributed by atoms with van der Waals surface area (Å²) in [5, 5.41) is 3.00. The predicted molar refractivity (Wildman–Crippen MR) is 108 cm³/mol. The van der Waals surface area contributed by atoms with Gasteiger partial charge in [0.15, 0.2) is 0 Å². The zero-order valence-electron chi connectivity index (χ0n) is 15.8. The summed E-state index contributed by atoms with van der Waals surface area (Å²) >= 11 is 6.14. The first-order valence-electron chi connectivity index (χ1n) is 9.07. The van der Waals surface area contributed by atoms with E-state index in [4.69, 9.17) is 16.3 Å². The minimum atomic E-state index is -3.71. The van der Waals surface area contributed by atoms with Gasteiger partial charge < -0.3 is 10.1 Å². The van der Waals surface area contributed by atoms with E-state index in [0.29, 0.717) is 13.1 Å². The molecule has 2 aromatic rings. The highest BCUT2D eigenvalue weighted by atomic mass is 35.5. The molecule has 2 aromatic carbocycles. The highest BCUT2D eigenvalue weighted by molar-refractivity contribution is 7.89. The minimum Gasteiger partial charge on any atom is -0.497 e.